The summed E-state index contributed by atoms with van der Waals surface area (Å²) >= 11 is 0. The van der Waals surface area contributed by atoms with Crippen molar-refractivity contribution >= 4 is 5.84 Å². The largest absolute Gasteiger partial charge is 0.508 e. The minimum atomic E-state index is 0.0753. The number of phenols is 1. The summed E-state index contributed by atoms with van der Waals surface area (Å²) < 4.78 is 5.84. The van der Waals surface area contributed by atoms with Crippen molar-refractivity contribution in [1.29, 1.82) is 0 Å². The van der Waals surface area contributed by atoms with Gasteiger partial charge in [-0.05, 0) is 54.8 Å². The van der Waals surface area contributed by atoms with Crippen molar-refractivity contribution in [2.75, 3.05) is 0 Å². The van der Waals surface area contributed by atoms with Crippen LogP contribution in [0.4, 0.5) is 0 Å². The molecule has 0 bridgehead atoms. The summed E-state index contributed by atoms with van der Waals surface area (Å²) in [6.45, 7) is 4.23. The van der Waals surface area contributed by atoms with Crippen LogP contribution < -0.4 is 10.5 Å². The Morgan fingerprint density at radius 2 is 1.71 bits per heavy atom. The Labute approximate surface area is 123 Å². The van der Waals surface area contributed by atoms with Crippen molar-refractivity contribution in [3.63, 3.8) is 0 Å². The average Bonchev–Trinajstić information content (AvgIpc) is 2.47. The first-order valence-electron chi connectivity index (χ1n) is 6.51. The summed E-state index contributed by atoms with van der Waals surface area (Å²) in [6.07, 6.45) is 0. The Morgan fingerprint density at radius 1 is 1.14 bits per heavy atom. The van der Waals surface area contributed by atoms with Gasteiger partial charge in [0.2, 0.25) is 0 Å². The Balaban J connectivity index is 2.19. The molecule has 0 aliphatic carbocycles. The molecule has 0 aliphatic rings. The molecule has 0 unspecified atom stereocenters. The Kier molecular flexibility index (Phi) is 4.33. The van der Waals surface area contributed by atoms with Crippen molar-refractivity contribution in [2.45, 2.75) is 20.5 Å². The summed E-state index contributed by atoms with van der Waals surface area (Å²) in [5, 5.41) is 21.0. The zero-order valence-electron chi connectivity index (χ0n) is 12.0. The lowest BCUT2D eigenvalue weighted by atomic mass is 10.0. The first kappa shape index (κ1) is 14.7. The van der Waals surface area contributed by atoms with E-state index in [-0.39, 0.29) is 11.6 Å². The van der Waals surface area contributed by atoms with Crippen LogP contribution in [0.2, 0.25) is 0 Å². The second kappa shape index (κ2) is 6.17. The molecular formula is C16H18N2O3. The van der Waals surface area contributed by atoms with Crippen LogP contribution in [0.15, 0.2) is 41.6 Å². The lowest BCUT2D eigenvalue weighted by Crippen LogP contribution is -2.14. The van der Waals surface area contributed by atoms with Gasteiger partial charge in [0, 0.05) is 5.56 Å². The summed E-state index contributed by atoms with van der Waals surface area (Å²) in [6, 6.07) is 10.5. The van der Waals surface area contributed by atoms with Gasteiger partial charge in [-0.15, -0.1) is 0 Å². The smallest absolute Gasteiger partial charge is 0.170 e. The molecule has 0 fully saturated rings. The minimum absolute atomic E-state index is 0.0753. The topological polar surface area (TPSA) is 88.1 Å². The Bertz CT molecular complexity index is 641. The van der Waals surface area contributed by atoms with Crippen LogP contribution in [0.25, 0.3) is 0 Å². The number of oxime groups is 1. The average molecular weight is 286 g/mol. The predicted octanol–water partition coefficient (Wildman–Crippen LogP) is 2.68. The van der Waals surface area contributed by atoms with E-state index in [1.807, 2.05) is 38.1 Å². The number of hydrogen-bond acceptors (Lipinski definition) is 4. The van der Waals surface area contributed by atoms with Gasteiger partial charge < -0.3 is 20.8 Å². The molecule has 2 rings (SSSR count). The highest BCUT2D eigenvalue weighted by atomic mass is 16.5. The van der Waals surface area contributed by atoms with Gasteiger partial charge in [-0.3, -0.25) is 0 Å². The quantitative estimate of drug-likeness (QED) is 0.349. The van der Waals surface area contributed by atoms with Crippen molar-refractivity contribution in [2.24, 2.45) is 10.9 Å². The summed E-state index contributed by atoms with van der Waals surface area (Å²) in [4.78, 5) is 0. The van der Waals surface area contributed by atoms with E-state index in [2.05, 4.69) is 5.16 Å². The molecule has 2 aromatic carbocycles. The van der Waals surface area contributed by atoms with Gasteiger partial charge in [-0.25, -0.2) is 0 Å². The van der Waals surface area contributed by atoms with Crippen LogP contribution in [0.5, 0.6) is 11.5 Å². The molecule has 110 valence electrons. The van der Waals surface area contributed by atoms with Gasteiger partial charge >= 0.3 is 0 Å². The first-order valence-corrected chi connectivity index (χ1v) is 6.51. The third-order valence-corrected chi connectivity index (χ3v) is 3.18. The van der Waals surface area contributed by atoms with Crippen LogP contribution in [0, 0.1) is 13.8 Å². The molecule has 0 amide bonds. The third-order valence-electron chi connectivity index (χ3n) is 3.18. The molecule has 0 spiro atoms. The first-order chi connectivity index (χ1) is 10.0. The molecule has 21 heavy (non-hydrogen) atoms. The third kappa shape index (κ3) is 3.45. The maximum Gasteiger partial charge on any atom is 0.170 e. The molecular weight excluding hydrogens is 268 g/mol. The molecule has 2 aromatic rings. The van der Waals surface area contributed by atoms with E-state index >= 15 is 0 Å². The van der Waals surface area contributed by atoms with E-state index in [1.54, 1.807) is 12.1 Å². The number of benzene rings is 2. The standard InChI is InChI=1S/C16H18N2O3/c1-10-7-13(16(17)18-20)8-11(2)15(10)21-9-12-3-5-14(19)6-4-12/h3-8,19-20H,9H2,1-2H3,(H2,17,18). The normalized spacial score (nSPS) is 11.4. The fraction of sp³-hybridized carbons (Fsp3) is 0.188. The van der Waals surface area contributed by atoms with Crippen LogP contribution in [-0.4, -0.2) is 16.1 Å². The monoisotopic (exact) mass is 286 g/mol. The van der Waals surface area contributed by atoms with E-state index in [0.717, 1.165) is 22.4 Å². The molecule has 0 aromatic heterocycles. The highest BCUT2D eigenvalue weighted by Gasteiger charge is 2.09. The molecule has 4 N–H and O–H groups in total. The van der Waals surface area contributed by atoms with Crippen LogP contribution in [-0.2, 0) is 6.61 Å². The fourth-order valence-electron chi connectivity index (χ4n) is 2.13. The van der Waals surface area contributed by atoms with Gasteiger partial charge in [-0.1, -0.05) is 17.3 Å². The minimum Gasteiger partial charge on any atom is -0.508 e. The maximum atomic E-state index is 9.25. The predicted molar refractivity (Wildman–Crippen MR) is 80.9 cm³/mol. The number of nitrogens with zero attached hydrogens (tertiary/aromatic N) is 1. The Morgan fingerprint density at radius 3 is 2.24 bits per heavy atom. The number of aromatic hydroxyl groups is 1. The van der Waals surface area contributed by atoms with Gasteiger partial charge in [0.25, 0.3) is 0 Å². The van der Waals surface area contributed by atoms with E-state index in [9.17, 15) is 5.11 Å². The summed E-state index contributed by atoms with van der Waals surface area (Å²) in [5.41, 5.74) is 9.04. The summed E-state index contributed by atoms with van der Waals surface area (Å²) in [7, 11) is 0. The molecule has 5 heteroatoms. The lowest BCUT2D eigenvalue weighted by Gasteiger charge is -2.14. The van der Waals surface area contributed by atoms with Gasteiger partial charge in [-0.2, -0.15) is 0 Å². The molecule has 5 nitrogen and oxygen atoms in total. The highest BCUT2D eigenvalue weighted by Crippen LogP contribution is 2.26. The second-order valence-electron chi connectivity index (χ2n) is 4.88. The lowest BCUT2D eigenvalue weighted by molar-refractivity contribution is 0.301. The van der Waals surface area contributed by atoms with Crippen molar-refractivity contribution in [3.05, 3.63) is 58.7 Å². The van der Waals surface area contributed by atoms with Crippen LogP contribution in [0.1, 0.15) is 22.3 Å². The van der Waals surface area contributed by atoms with Gasteiger partial charge in [0.05, 0.1) is 0 Å². The van der Waals surface area contributed by atoms with E-state index < -0.39 is 0 Å². The molecule has 0 atom stereocenters. The van der Waals surface area contributed by atoms with Crippen molar-refractivity contribution < 1.29 is 15.1 Å². The number of phenolic OH excluding ortho intramolecular Hbond substituents is 1. The molecule has 0 aliphatic heterocycles. The molecule has 0 saturated carbocycles. The SMILES string of the molecule is Cc1cc(/C(N)=N/O)cc(C)c1OCc1ccc(O)cc1. The molecule has 0 saturated heterocycles. The summed E-state index contributed by atoms with van der Waals surface area (Å²) in [5.74, 6) is 1.08. The van der Waals surface area contributed by atoms with E-state index in [1.165, 1.54) is 0 Å². The van der Waals surface area contributed by atoms with Crippen LogP contribution in [0.3, 0.4) is 0 Å². The number of rotatable bonds is 4. The number of aryl methyl sites for hydroxylation is 2. The van der Waals surface area contributed by atoms with Crippen molar-refractivity contribution in [1.82, 2.24) is 0 Å². The zero-order valence-corrected chi connectivity index (χ0v) is 12.0. The van der Waals surface area contributed by atoms with E-state index in [4.69, 9.17) is 15.7 Å². The fourth-order valence-corrected chi connectivity index (χ4v) is 2.13. The number of ether oxygens (including phenoxy) is 1. The highest BCUT2D eigenvalue weighted by molar-refractivity contribution is 5.97. The number of hydrogen-bond donors (Lipinski definition) is 3. The zero-order chi connectivity index (χ0) is 15.4. The maximum absolute atomic E-state index is 9.25. The van der Waals surface area contributed by atoms with E-state index in [0.29, 0.717) is 12.2 Å². The second-order valence-corrected chi connectivity index (χ2v) is 4.88. The Hall–Kier alpha value is -2.69. The molecule has 0 radical (unpaired) electrons. The van der Waals surface area contributed by atoms with Crippen molar-refractivity contribution in [3.8, 4) is 11.5 Å². The van der Waals surface area contributed by atoms with Gasteiger partial charge in [0.1, 0.15) is 18.1 Å². The number of amidine groups is 1. The van der Waals surface area contributed by atoms with Gasteiger partial charge in [0.15, 0.2) is 5.84 Å². The molecule has 0 heterocycles. The van der Waals surface area contributed by atoms with Crippen LogP contribution >= 0.6 is 0 Å². The number of nitrogens with two attached hydrogens (primary N) is 1.